The van der Waals surface area contributed by atoms with Gasteiger partial charge in [0.15, 0.2) is 0 Å². The highest BCUT2D eigenvalue weighted by Gasteiger charge is 2.26. The van der Waals surface area contributed by atoms with Gasteiger partial charge in [-0.15, -0.1) is 12.4 Å². The fraction of sp³-hybridized carbons (Fsp3) is 0.533. The molecule has 1 heterocycles. The van der Waals surface area contributed by atoms with Gasteiger partial charge in [0.25, 0.3) is 0 Å². The largest absolute Gasteiger partial charge is 0.336 e. The van der Waals surface area contributed by atoms with Crippen LogP contribution < -0.4 is 5.32 Å². The second-order valence-electron chi connectivity index (χ2n) is 5.19. The molecule has 1 N–H and O–H groups in total. The van der Waals surface area contributed by atoms with Crippen LogP contribution in [-0.4, -0.2) is 55.0 Å². The van der Waals surface area contributed by atoms with Crippen molar-refractivity contribution in [1.82, 2.24) is 15.1 Å². The minimum Gasteiger partial charge on any atom is -0.336 e. The zero-order valence-electron chi connectivity index (χ0n) is 12.2. The molecule has 1 fully saturated rings. The Morgan fingerprint density at radius 2 is 2.00 bits per heavy atom. The van der Waals surface area contributed by atoms with Crippen molar-refractivity contribution in [3.8, 4) is 0 Å². The van der Waals surface area contributed by atoms with Gasteiger partial charge in [-0.05, 0) is 19.5 Å². The number of nitrogens with one attached hydrogen (secondary N) is 1. The smallest absolute Gasteiger partial charge is 0.236 e. The van der Waals surface area contributed by atoms with Gasteiger partial charge >= 0.3 is 0 Å². The number of carbonyl (C=O) groups is 1. The molecule has 1 saturated heterocycles. The summed E-state index contributed by atoms with van der Waals surface area (Å²) < 4.78 is 0. The predicted octanol–water partition coefficient (Wildman–Crippen LogP) is 1.36. The molecule has 0 radical (unpaired) electrons. The number of benzene rings is 1. The second-order valence-corrected chi connectivity index (χ2v) is 5.19. The van der Waals surface area contributed by atoms with E-state index < -0.39 is 0 Å². The van der Waals surface area contributed by atoms with Gasteiger partial charge in [-0.2, -0.15) is 0 Å². The third-order valence-electron chi connectivity index (χ3n) is 3.61. The Balaban J connectivity index is 0.00000200. The molecule has 4 nitrogen and oxygen atoms in total. The van der Waals surface area contributed by atoms with Gasteiger partial charge in [-0.1, -0.05) is 30.3 Å². The third-order valence-corrected chi connectivity index (χ3v) is 3.61. The van der Waals surface area contributed by atoms with Crippen LogP contribution in [0.4, 0.5) is 0 Å². The van der Waals surface area contributed by atoms with Gasteiger partial charge < -0.3 is 10.2 Å². The molecule has 5 heteroatoms. The van der Waals surface area contributed by atoms with Crippen molar-refractivity contribution in [3.05, 3.63) is 35.9 Å². The van der Waals surface area contributed by atoms with Gasteiger partial charge in [0.05, 0.1) is 6.54 Å². The molecule has 1 aliphatic heterocycles. The Bertz CT molecular complexity index is 413. The van der Waals surface area contributed by atoms with E-state index in [4.69, 9.17) is 0 Å². The lowest BCUT2D eigenvalue weighted by Crippen LogP contribution is -2.55. The third kappa shape index (κ3) is 4.47. The topological polar surface area (TPSA) is 35.6 Å². The van der Waals surface area contributed by atoms with Gasteiger partial charge in [-0.3, -0.25) is 9.69 Å². The maximum atomic E-state index is 11.9. The van der Waals surface area contributed by atoms with Gasteiger partial charge in [0, 0.05) is 32.2 Å². The van der Waals surface area contributed by atoms with Crippen LogP contribution in [0.25, 0.3) is 0 Å². The fourth-order valence-electron chi connectivity index (χ4n) is 2.64. The number of hydrogen-bond acceptors (Lipinski definition) is 3. The number of rotatable bonds is 4. The molecule has 0 bridgehead atoms. The molecule has 2 rings (SSSR count). The Labute approximate surface area is 127 Å². The number of nitrogens with zero attached hydrogens (tertiary/aromatic N) is 2. The fourth-order valence-corrected chi connectivity index (χ4v) is 2.64. The highest BCUT2D eigenvalue weighted by atomic mass is 35.5. The van der Waals surface area contributed by atoms with E-state index in [1.165, 1.54) is 5.56 Å². The molecule has 0 spiro atoms. The van der Waals surface area contributed by atoms with Crippen molar-refractivity contribution in [3.63, 3.8) is 0 Å². The number of hydrogen-bond donors (Lipinski definition) is 1. The van der Waals surface area contributed by atoms with Gasteiger partial charge in [0.2, 0.25) is 5.91 Å². The minimum atomic E-state index is 0. The molecule has 1 aromatic carbocycles. The van der Waals surface area contributed by atoms with E-state index in [0.29, 0.717) is 12.6 Å². The van der Waals surface area contributed by atoms with Crippen LogP contribution in [-0.2, 0) is 11.3 Å². The lowest BCUT2D eigenvalue weighted by Gasteiger charge is -2.40. The summed E-state index contributed by atoms with van der Waals surface area (Å²) in [5.41, 5.74) is 1.34. The first-order valence-electron chi connectivity index (χ1n) is 6.91. The molecule has 1 amide bonds. The predicted molar refractivity (Wildman–Crippen MR) is 84.1 cm³/mol. The van der Waals surface area contributed by atoms with Crippen LogP contribution in [0.3, 0.4) is 0 Å². The molecular weight excluding hydrogens is 274 g/mol. The van der Waals surface area contributed by atoms with E-state index in [9.17, 15) is 4.79 Å². The molecule has 20 heavy (non-hydrogen) atoms. The number of likely N-dealkylation sites (N-methyl/N-ethyl adjacent to an activating group) is 1. The van der Waals surface area contributed by atoms with Crippen LogP contribution >= 0.6 is 12.4 Å². The average molecular weight is 298 g/mol. The summed E-state index contributed by atoms with van der Waals surface area (Å²) >= 11 is 0. The van der Waals surface area contributed by atoms with Gasteiger partial charge in [0.1, 0.15) is 0 Å². The van der Waals surface area contributed by atoms with E-state index in [-0.39, 0.29) is 18.3 Å². The summed E-state index contributed by atoms with van der Waals surface area (Å²) in [6.45, 7) is 6.26. The molecule has 0 saturated carbocycles. The lowest BCUT2D eigenvalue weighted by molar-refractivity contribution is -0.134. The molecule has 1 unspecified atom stereocenters. The first-order chi connectivity index (χ1) is 9.20. The summed E-state index contributed by atoms with van der Waals surface area (Å²) in [4.78, 5) is 16.3. The highest BCUT2D eigenvalue weighted by molar-refractivity contribution is 5.85. The normalized spacial score (nSPS) is 19.5. The highest BCUT2D eigenvalue weighted by Crippen LogP contribution is 2.13. The zero-order valence-corrected chi connectivity index (χ0v) is 13.0. The first kappa shape index (κ1) is 17.0. The summed E-state index contributed by atoms with van der Waals surface area (Å²) in [7, 11) is 1.81. The quantitative estimate of drug-likeness (QED) is 0.911. The SMILES string of the molecule is CNCC(=O)N1CCN(Cc2ccccc2)CC1C.Cl. The van der Waals surface area contributed by atoms with Crippen molar-refractivity contribution in [2.45, 2.75) is 19.5 Å². The van der Waals surface area contributed by atoms with E-state index >= 15 is 0 Å². The average Bonchev–Trinajstić information content (AvgIpc) is 2.40. The number of halogens is 1. The van der Waals surface area contributed by atoms with E-state index in [1.807, 2.05) is 18.0 Å². The molecule has 112 valence electrons. The first-order valence-corrected chi connectivity index (χ1v) is 6.91. The van der Waals surface area contributed by atoms with Crippen LogP contribution in [0.1, 0.15) is 12.5 Å². The summed E-state index contributed by atoms with van der Waals surface area (Å²) in [5.74, 6) is 0.203. The van der Waals surface area contributed by atoms with Crippen molar-refractivity contribution >= 4 is 18.3 Å². The van der Waals surface area contributed by atoms with Crippen molar-refractivity contribution in [2.24, 2.45) is 0 Å². The molecular formula is C15H24ClN3O. The molecule has 1 aromatic rings. The minimum absolute atomic E-state index is 0. The maximum absolute atomic E-state index is 11.9. The number of piperazine rings is 1. The summed E-state index contributed by atoms with van der Waals surface area (Å²) in [5, 5.41) is 2.93. The monoisotopic (exact) mass is 297 g/mol. The molecule has 1 atom stereocenters. The summed E-state index contributed by atoms with van der Waals surface area (Å²) in [6, 6.07) is 10.8. The molecule has 0 aromatic heterocycles. The Kier molecular flexibility index (Phi) is 6.99. The Morgan fingerprint density at radius 1 is 1.30 bits per heavy atom. The van der Waals surface area contributed by atoms with E-state index in [1.54, 1.807) is 0 Å². The van der Waals surface area contributed by atoms with Crippen molar-refractivity contribution < 1.29 is 4.79 Å². The maximum Gasteiger partial charge on any atom is 0.236 e. The Hall–Kier alpha value is -1.10. The van der Waals surface area contributed by atoms with Crippen molar-refractivity contribution in [1.29, 1.82) is 0 Å². The Morgan fingerprint density at radius 3 is 2.60 bits per heavy atom. The summed E-state index contributed by atoms with van der Waals surface area (Å²) in [6.07, 6.45) is 0. The molecule has 1 aliphatic rings. The number of amides is 1. The van der Waals surface area contributed by atoms with E-state index in [2.05, 4.69) is 41.4 Å². The van der Waals surface area contributed by atoms with Crippen LogP contribution in [0.2, 0.25) is 0 Å². The van der Waals surface area contributed by atoms with Crippen LogP contribution in [0, 0.1) is 0 Å². The second kappa shape index (κ2) is 8.25. The van der Waals surface area contributed by atoms with Crippen molar-refractivity contribution in [2.75, 3.05) is 33.2 Å². The zero-order chi connectivity index (χ0) is 13.7. The molecule has 0 aliphatic carbocycles. The lowest BCUT2D eigenvalue weighted by atomic mass is 10.1. The standard InChI is InChI=1S/C15H23N3O.ClH/c1-13-11-17(12-14-6-4-3-5-7-14)8-9-18(13)15(19)10-16-2;/h3-7,13,16H,8-12H2,1-2H3;1H. The van der Waals surface area contributed by atoms with E-state index in [0.717, 1.165) is 26.2 Å². The van der Waals surface area contributed by atoms with Crippen LogP contribution in [0.15, 0.2) is 30.3 Å². The number of carbonyl (C=O) groups excluding carboxylic acids is 1. The van der Waals surface area contributed by atoms with Gasteiger partial charge in [-0.25, -0.2) is 0 Å². The van der Waals surface area contributed by atoms with Crippen LogP contribution in [0.5, 0.6) is 0 Å².